The Morgan fingerprint density at radius 3 is 2.38 bits per heavy atom. The van der Waals surface area contributed by atoms with Crippen molar-refractivity contribution in [3.8, 4) is 0 Å². The number of nitrogens with zero attached hydrogens (tertiary/aromatic N) is 1. The van der Waals surface area contributed by atoms with Gasteiger partial charge >= 0.3 is 18.9 Å². The van der Waals surface area contributed by atoms with Crippen LogP contribution >= 0.6 is 0 Å². The Hall–Kier alpha value is 0.0674. The third-order valence-corrected chi connectivity index (χ3v) is 0.838. The maximum absolute atomic E-state index is 4.74. The summed E-state index contributed by atoms with van der Waals surface area (Å²) in [5.41, 5.74) is -0.0139. The van der Waals surface area contributed by atoms with E-state index in [9.17, 15) is 0 Å². The maximum Gasteiger partial charge on any atom is 1.00 e. The van der Waals surface area contributed by atoms with E-state index in [1.54, 1.807) is 0 Å². The minimum Gasteiger partial charge on any atom is -0.673 e. The van der Waals surface area contributed by atoms with Crippen molar-refractivity contribution in [1.82, 2.24) is 0 Å². The topological polar surface area (TPSA) is 21.6 Å². The van der Waals surface area contributed by atoms with E-state index in [4.69, 9.17) is 4.74 Å². The fourth-order valence-corrected chi connectivity index (χ4v) is 0.397. The summed E-state index contributed by atoms with van der Waals surface area (Å²) in [7, 11) is 0. The van der Waals surface area contributed by atoms with Gasteiger partial charge in [0.1, 0.15) is 0 Å². The van der Waals surface area contributed by atoms with E-state index in [0.29, 0.717) is 6.61 Å². The van der Waals surface area contributed by atoms with Gasteiger partial charge in [-0.1, -0.05) is 0 Å². The fourth-order valence-electron chi connectivity index (χ4n) is 0.397. The second-order valence-electron chi connectivity index (χ2n) is 2.30. The first-order valence-corrected chi connectivity index (χ1v) is 2.29. The third-order valence-electron chi connectivity index (χ3n) is 0.838. The molecule has 1 aliphatic heterocycles. The molecule has 0 aromatic heterocycles. The van der Waals surface area contributed by atoms with Crippen LogP contribution in [0, 0.1) is 0 Å². The molecule has 8 heavy (non-hydrogen) atoms. The molecule has 40 valence electrons. The third kappa shape index (κ3) is 1.89. The Balaban J connectivity index is 0.000000490. The first-order chi connectivity index (χ1) is 3.21. The van der Waals surface area contributed by atoms with E-state index in [1.807, 2.05) is 13.8 Å². The molecule has 0 saturated carbocycles. The second-order valence-corrected chi connectivity index (χ2v) is 2.30. The summed E-state index contributed by atoms with van der Waals surface area (Å²) in [5.74, 6) is 0. The summed E-state index contributed by atoms with van der Waals surface area (Å²) in [6, 6.07) is 0. The number of aliphatic imine (C=N–C) groups is 1. The van der Waals surface area contributed by atoms with Crippen molar-refractivity contribution >= 4 is 6.40 Å². The van der Waals surface area contributed by atoms with Crippen LogP contribution in [0.3, 0.4) is 0 Å². The molecule has 0 saturated heterocycles. The molecule has 0 N–H and O–H groups in total. The normalized spacial score (nSPS) is 21.8. The zero-order valence-corrected chi connectivity index (χ0v) is 5.56. The number of hydrogen-bond acceptors (Lipinski definition) is 2. The monoisotopic (exact) mass is 105 g/mol. The van der Waals surface area contributed by atoms with E-state index in [2.05, 4.69) is 11.4 Å². The quantitative estimate of drug-likeness (QED) is 0.251. The second kappa shape index (κ2) is 2.57. The van der Waals surface area contributed by atoms with Crippen LogP contribution in [0.4, 0.5) is 0 Å². The van der Waals surface area contributed by atoms with E-state index >= 15 is 0 Å². The van der Waals surface area contributed by atoms with Gasteiger partial charge in [0.2, 0.25) is 0 Å². The molecular weight excluding hydrogens is 97.0 g/mol. The van der Waals surface area contributed by atoms with Crippen LogP contribution < -0.4 is 18.9 Å². The molecule has 0 unspecified atom stereocenters. The number of rotatable bonds is 0. The van der Waals surface area contributed by atoms with Crippen molar-refractivity contribution in [2.24, 2.45) is 4.99 Å². The van der Waals surface area contributed by atoms with Gasteiger partial charge in [0.15, 0.2) is 0 Å². The molecule has 1 aliphatic rings. The van der Waals surface area contributed by atoms with Crippen molar-refractivity contribution < 1.29 is 23.6 Å². The van der Waals surface area contributed by atoms with E-state index in [-0.39, 0.29) is 24.4 Å². The average molecular weight is 105 g/mol. The Bertz CT molecular complexity index is 101. The molecule has 0 fully saturated rings. The zero-order valence-electron chi connectivity index (χ0n) is 5.56. The van der Waals surface area contributed by atoms with Gasteiger partial charge < -0.3 is 9.73 Å². The van der Waals surface area contributed by atoms with Crippen LogP contribution in [0.5, 0.6) is 0 Å². The van der Waals surface area contributed by atoms with Gasteiger partial charge in [-0.25, -0.2) is 6.40 Å². The minimum atomic E-state index is -0.0139. The molecule has 0 aliphatic carbocycles. The molecular formula is C5H8LiNO. The smallest absolute Gasteiger partial charge is 0.673 e. The Morgan fingerprint density at radius 2 is 2.25 bits per heavy atom. The van der Waals surface area contributed by atoms with Crippen molar-refractivity contribution in [3.63, 3.8) is 0 Å². The SMILES string of the molecule is CC1(C)CO[C-]=N1.[Li+]. The summed E-state index contributed by atoms with van der Waals surface area (Å²) < 4.78 is 4.74. The molecule has 1 heterocycles. The Morgan fingerprint density at radius 1 is 1.62 bits per heavy atom. The molecule has 0 amide bonds. The largest absolute Gasteiger partial charge is 1.00 e. The predicted molar refractivity (Wildman–Crippen MR) is 27.5 cm³/mol. The molecule has 2 nitrogen and oxygen atoms in total. The number of hydrogen-bond donors (Lipinski definition) is 0. The van der Waals surface area contributed by atoms with Gasteiger partial charge in [-0.3, -0.25) is 0 Å². The molecule has 0 aromatic carbocycles. The molecule has 0 radical (unpaired) electrons. The van der Waals surface area contributed by atoms with Gasteiger partial charge in [0.05, 0.1) is 12.1 Å². The van der Waals surface area contributed by atoms with Crippen LogP contribution in [0.25, 0.3) is 0 Å². The minimum absolute atomic E-state index is 0. The molecule has 1 rings (SSSR count). The zero-order chi connectivity index (χ0) is 5.33. The fraction of sp³-hybridized carbons (Fsp3) is 0.800. The first kappa shape index (κ1) is 8.07. The van der Waals surface area contributed by atoms with Crippen LogP contribution in [-0.4, -0.2) is 18.5 Å². The van der Waals surface area contributed by atoms with E-state index in [0.717, 1.165) is 0 Å². The van der Waals surface area contributed by atoms with Crippen molar-refractivity contribution in [1.29, 1.82) is 0 Å². The van der Waals surface area contributed by atoms with Crippen LogP contribution in [0.1, 0.15) is 13.8 Å². The summed E-state index contributed by atoms with van der Waals surface area (Å²) in [6.45, 7) is 4.69. The van der Waals surface area contributed by atoms with Crippen molar-refractivity contribution in [3.05, 3.63) is 0 Å². The molecule has 0 aromatic rings. The van der Waals surface area contributed by atoms with Gasteiger partial charge in [-0.15, -0.1) is 0 Å². The first-order valence-electron chi connectivity index (χ1n) is 2.29. The number of ether oxygens (including phenoxy) is 1. The Labute approximate surface area is 61.5 Å². The van der Waals surface area contributed by atoms with Gasteiger partial charge in [0, 0.05) is 0 Å². The molecule has 0 atom stereocenters. The molecule has 0 bridgehead atoms. The molecule has 0 spiro atoms. The van der Waals surface area contributed by atoms with Crippen LogP contribution in [-0.2, 0) is 4.74 Å². The van der Waals surface area contributed by atoms with E-state index < -0.39 is 0 Å². The van der Waals surface area contributed by atoms with Gasteiger partial charge in [-0.05, 0) is 13.8 Å². The standard InChI is InChI=1S/C5H8NO.Li/c1-5(2)3-7-4-6-5;/h3H2,1-2H3;/q-1;+1. The van der Waals surface area contributed by atoms with E-state index in [1.165, 1.54) is 0 Å². The summed E-state index contributed by atoms with van der Waals surface area (Å²) in [6.07, 6.45) is 2.44. The summed E-state index contributed by atoms with van der Waals surface area (Å²) in [5, 5.41) is 0. The average Bonchev–Trinajstić information content (AvgIpc) is 1.84. The van der Waals surface area contributed by atoms with Crippen LogP contribution in [0.2, 0.25) is 0 Å². The van der Waals surface area contributed by atoms with Gasteiger partial charge in [-0.2, -0.15) is 0 Å². The van der Waals surface area contributed by atoms with Crippen LogP contribution in [0.15, 0.2) is 4.99 Å². The Kier molecular flexibility index (Phi) is 2.59. The van der Waals surface area contributed by atoms with Gasteiger partial charge in [0.25, 0.3) is 0 Å². The molecule has 3 heteroatoms. The van der Waals surface area contributed by atoms with Crippen molar-refractivity contribution in [2.45, 2.75) is 19.4 Å². The summed E-state index contributed by atoms with van der Waals surface area (Å²) >= 11 is 0. The summed E-state index contributed by atoms with van der Waals surface area (Å²) in [4.78, 5) is 3.90. The maximum atomic E-state index is 4.74. The van der Waals surface area contributed by atoms with Crippen molar-refractivity contribution in [2.75, 3.05) is 6.61 Å². The predicted octanol–water partition coefficient (Wildman–Crippen LogP) is -2.30.